The van der Waals surface area contributed by atoms with E-state index < -0.39 is 10.2 Å². The predicted molar refractivity (Wildman–Crippen MR) is 81.8 cm³/mol. The first kappa shape index (κ1) is 16.2. The molecule has 0 aromatic rings. The number of piperidine rings is 1. The Balaban J connectivity index is 2.05. The first-order valence-electron chi connectivity index (χ1n) is 7.91. The highest BCUT2D eigenvalue weighted by Gasteiger charge is 2.39. The number of hydrogen-bond donors (Lipinski definition) is 1. The van der Waals surface area contributed by atoms with E-state index in [4.69, 9.17) is 0 Å². The van der Waals surface area contributed by atoms with Crippen LogP contribution >= 0.6 is 0 Å². The zero-order valence-electron chi connectivity index (χ0n) is 13.0. The van der Waals surface area contributed by atoms with Crippen LogP contribution in [0.4, 0.5) is 0 Å². The molecule has 2 rings (SSSR count). The van der Waals surface area contributed by atoms with Crippen LogP contribution in [0, 0.1) is 0 Å². The van der Waals surface area contributed by atoms with Gasteiger partial charge in [0.05, 0.1) is 0 Å². The van der Waals surface area contributed by atoms with E-state index in [1.807, 2.05) is 0 Å². The summed E-state index contributed by atoms with van der Waals surface area (Å²) < 4.78 is 29.0. The van der Waals surface area contributed by atoms with E-state index in [2.05, 4.69) is 19.2 Å². The molecule has 1 atom stereocenters. The highest BCUT2D eigenvalue weighted by atomic mass is 32.2. The minimum atomic E-state index is -3.29. The molecule has 1 saturated carbocycles. The smallest absolute Gasteiger partial charge is 0.282 e. The second-order valence-corrected chi connectivity index (χ2v) is 8.37. The van der Waals surface area contributed by atoms with Crippen molar-refractivity contribution >= 4 is 10.2 Å². The van der Waals surface area contributed by atoms with Crippen molar-refractivity contribution in [2.45, 2.75) is 70.5 Å². The molecule has 2 aliphatic rings. The zero-order valence-corrected chi connectivity index (χ0v) is 13.8. The van der Waals surface area contributed by atoms with Gasteiger partial charge in [0.25, 0.3) is 10.2 Å². The lowest BCUT2D eigenvalue weighted by Gasteiger charge is -2.41. The fraction of sp³-hybridized carbons (Fsp3) is 1.00. The zero-order chi connectivity index (χ0) is 14.8. The Labute approximate surface area is 123 Å². The van der Waals surface area contributed by atoms with Crippen molar-refractivity contribution in [3.05, 3.63) is 0 Å². The average molecular weight is 303 g/mol. The van der Waals surface area contributed by atoms with Gasteiger partial charge in [0.1, 0.15) is 0 Å². The number of nitrogens with one attached hydrogen (secondary N) is 1. The molecule has 1 unspecified atom stereocenters. The summed E-state index contributed by atoms with van der Waals surface area (Å²) in [6.45, 7) is 5.63. The Hall–Kier alpha value is -0.170. The first-order chi connectivity index (χ1) is 9.43. The molecule has 1 aliphatic heterocycles. The van der Waals surface area contributed by atoms with Crippen LogP contribution in [0.3, 0.4) is 0 Å². The maximum Gasteiger partial charge on any atom is 0.282 e. The van der Waals surface area contributed by atoms with Gasteiger partial charge in [-0.15, -0.1) is 0 Å². The van der Waals surface area contributed by atoms with Crippen molar-refractivity contribution < 1.29 is 8.42 Å². The molecule has 118 valence electrons. The summed E-state index contributed by atoms with van der Waals surface area (Å²) in [6, 6.07) is 0.727. The number of rotatable bonds is 6. The standard InChI is InChI=1S/C14H29N3O2S/c1-12(2)15-11-14-7-4-5-10-17(14)20(18,19)16(3)13-8-6-9-13/h12-15H,4-11H2,1-3H3. The molecule has 0 radical (unpaired) electrons. The third kappa shape index (κ3) is 3.53. The quantitative estimate of drug-likeness (QED) is 0.810. The molecule has 1 aliphatic carbocycles. The Bertz CT molecular complexity index is 407. The Morgan fingerprint density at radius 1 is 1.20 bits per heavy atom. The second-order valence-electron chi connectivity index (χ2n) is 6.43. The van der Waals surface area contributed by atoms with Gasteiger partial charge in [-0.1, -0.05) is 26.7 Å². The summed E-state index contributed by atoms with van der Waals surface area (Å²) in [5, 5.41) is 3.39. The lowest BCUT2D eigenvalue weighted by molar-refractivity contribution is 0.195. The minimum Gasteiger partial charge on any atom is -0.313 e. The summed E-state index contributed by atoms with van der Waals surface area (Å²) in [4.78, 5) is 0. The van der Waals surface area contributed by atoms with Crippen LogP contribution in [0.5, 0.6) is 0 Å². The van der Waals surface area contributed by atoms with Crippen LogP contribution in [0.25, 0.3) is 0 Å². The summed E-state index contributed by atoms with van der Waals surface area (Å²) in [5.74, 6) is 0. The van der Waals surface area contributed by atoms with Crippen LogP contribution < -0.4 is 5.32 Å². The lowest BCUT2D eigenvalue weighted by atomic mass is 9.94. The highest BCUT2D eigenvalue weighted by molar-refractivity contribution is 7.86. The van der Waals surface area contributed by atoms with Crippen LogP contribution in [0.15, 0.2) is 0 Å². The van der Waals surface area contributed by atoms with Crippen molar-refractivity contribution in [2.24, 2.45) is 0 Å². The summed E-state index contributed by atoms with van der Waals surface area (Å²) >= 11 is 0. The molecule has 0 aromatic carbocycles. The maximum atomic E-state index is 12.8. The maximum absolute atomic E-state index is 12.8. The molecule has 5 nitrogen and oxygen atoms in total. The fourth-order valence-corrected chi connectivity index (χ4v) is 4.79. The Kier molecular flexibility index (Phi) is 5.45. The van der Waals surface area contributed by atoms with Crippen LogP contribution in [0.2, 0.25) is 0 Å². The first-order valence-corrected chi connectivity index (χ1v) is 9.31. The Morgan fingerprint density at radius 2 is 1.90 bits per heavy atom. The topological polar surface area (TPSA) is 52.7 Å². The molecule has 1 N–H and O–H groups in total. The summed E-state index contributed by atoms with van der Waals surface area (Å²) in [7, 11) is -1.54. The van der Waals surface area contributed by atoms with Gasteiger partial charge in [-0.25, -0.2) is 0 Å². The Morgan fingerprint density at radius 3 is 2.45 bits per heavy atom. The molecular weight excluding hydrogens is 274 g/mol. The normalized spacial score (nSPS) is 26.1. The molecule has 2 fully saturated rings. The fourth-order valence-electron chi connectivity index (χ4n) is 2.96. The van der Waals surface area contributed by atoms with Gasteiger partial charge in [0, 0.05) is 38.3 Å². The monoisotopic (exact) mass is 303 g/mol. The summed E-state index contributed by atoms with van der Waals surface area (Å²) in [6.07, 6.45) is 6.26. The second kappa shape index (κ2) is 6.73. The number of hydrogen-bond acceptors (Lipinski definition) is 3. The van der Waals surface area contributed by atoms with Crippen molar-refractivity contribution in [3.63, 3.8) is 0 Å². The SMILES string of the molecule is CC(C)NCC1CCCCN1S(=O)(=O)N(C)C1CCC1. The largest absolute Gasteiger partial charge is 0.313 e. The molecule has 20 heavy (non-hydrogen) atoms. The van der Waals surface area contributed by atoms with E-state index in [-0.39, 0.29) is 12.1 Å². The van der Waals surface area contributed by atoms with Crippen molar-refractivity contribution in [1.29, 1.82) is 0 Å². The van der Waals surface area contributed by atoms with Crippen LogP contribution in [-0.2, 0) is 10.2 Å². The average Bonchev–Trinajstić information content (AvgIpc) is 2.34. The lowest BCUT2D eigenvalue weighted by Crippen LogP contribution is -2.55. The van der Waals surface area contributed by atoms with Gasteiger partial charge < -0.3 is 5.32 Å². The van der Waals surface area contributed by atoms with Gasteiger partial charge in [0.15, 0.2) is 0 Å². The molecular formula is C14H29N3O2S. The van der Waals surface area contributed by atoms with Crippen LogP contribution in [0.1, 0.15) is 52.4 Å². The molecule has 1 saturated heterocycles. The van der Waals surface area contributed by atoms with E-state index in [0.717, 1.165) is 45.1 Å². The molecule has 1 heterocycles. The van der Waals surface area contributed by atoms with Gasteiger partial charge in [-0.2, -0.15) is 17.0 Å². The van der Waals surface area contributed by atoms with Gasteiger partial charge in [-0.3, -0.25) is 0 Å². The molecule has 0 bridgehead atoms. The van der Waals surface area contributed by atoms with Crippen LogP contribution in [-0.4, -0.2) is 55.3 Å². The van der Waals surface area contributed by atoms with E-state index in [1.165, 1.54) is 0 Å². The van der Waals surface area contributed by atoms with E-state index in [9.17, 15) is 8.42 Å². The highest BCUT2D eigenvalue weighted by Crippen LogP contribution is 2.29. The summed E-state index contributed by atoms with van der Waals surface area (Å²) in [5.41, 5.74) is 0. The van der Waals surface area contributed by atoms with Gasteiger partial charge in [0.2, 0.25) is 0 Å². The van der Waals surface area contributed by atoms with Gasteiger partial charge in [-0.05, 0) is 25.7 Å². The third-order valence-electron chi connectivity index (χ3n) is 4.58. The van der Waals surface area contributed by atoms with E-state index in [0.29, 0.717) is 12.6 Å². The molecule has 0 amide bonds. The minimum absolute atomic E-state index is 0.110. The van der Waals surface area contributed by atoms with Crippen molar-refractivity contribution in [3.8, 4) is 0 Å². The van der Waals surface area contributed by atoms with E-state index >= 15 is 0 Å². The number of nitrogens with zero attached hydrogens (tertiary/aromatic N) is 2. The third-order valence-corrected chi connectivity index (χ3v) is 6.68. The molecule has 6 heteroatoms. The molecule has 0 aromatic heterocycles. The van der Waals surface area contributed by atoms with Crippen molar-refractivity contribution in [1.82, 2.24) is 13.9 Å². The van der Waals surface area contributed by atoms with Gasteiger partial charge >= 0.3 is 0 Å². The predicted octanol–water partition coefficient (Wildman–Crippen LogP) is 1.57. The van der Waals surface area contributed by atoms with E-state index in [1.54, 1.807) is 15.7 Å². The molecule has 0 spiro atoms. The van der Waals surface area contributed by atoms with Crippen molar-refractivity contribution in [2.75, 3.05) is 20.1 Å².